The van der Waals surface area contributed by atoms with E-state index < -0.39 is 11.6 Å². The molecule has 0 saturated carbocycles. The fourth-order valence-electron chi connectivity index (χ4n) is 4.95. The minimum absolute atomic E-state index is 0.0306. The minimum Gasteiger partial charge on any atom is -0.494 e. The van der Waals surface area contributed by atoms with Gasteiger partial charge in [0.1, 0.15) is 5.75 Å². The van der Waals surface area contributed by atoms with Crippen LogP contribution < -0.4 is 10.1 Å². The van der Waals surface area contributed by atoms with E-state index in [0.29, 0.717) is 59.8 Å². The summed E-state index contributed by atoms with van der Waals surface area (Å²) in [5, 5.41) is 19.8. The smallest absolute Gasteiger partial charge is 0.252 e. The molecule has 13 heteroatoms. The van der Waals surface area contributed by atoms with Crippen molar-refractivity contribution in [2.24, 2.45) is 15.2 Å². The van der Waals surface area contributed by atoms with Crippen LogP contribution >= 0.6 is 0 Å². The number of nitrogens with one attached hydrogen (secondary N) is 1. The van der Waals surface area contributed by atoms with E-state index in [0.717, 1.165) is 6.54 Å². The summed E-state index contributed by atoms with van der Waals surface area (Å²) < 4.78 is 12.2. The van der Waals surface area contributed by atoms with Crippen LogP contribution in [0.25, 0.3) is 20.9 Å². The third-order valence-electron chi connectivity index (χ3n) is 7.07. The number of hydrogen-bond donors (Lipinski definition) is 2. The lowest BCUT2D eigenvalue weighted by molar-refractivity contribution is -0.128. The molecule has 0 aliphatic carbocycles. The maximum absolute atomic E-state index is 14.4. The summed E-state index contributed by atoms with van der Waals surface area (Å²) in [4.78, 5) is 27.3. The largest absolute Gasteiger partial charge is 0.494 e. The van der Waals surface area contributed by atoms with Crippen molar-refractivity contribution in [2.45, 2.75) is 30.9 Å². The number of azide groups is 2. The van der Waals surface area contributed by atoms with Crippen molar-refractivity contribution < 1.29 is 19.4 Å². The number of nitrogens with zero attached hydrogens (tertiary/aromatic N) is 8. The summed E-state index contributed by atoms with van der Waals surface area (Å²) in [7, 11) is 3.92. The Morgan fingerprint density at radius 2 is 1.70 bits per heavy atom. The summed E-state index contributed by atoms with van der Waals surface area (Å²) in [5.41, 5.74) is 19.3. The van der Waals surface area contributed by atoms with Gasteiger partial charge in [-0.15, -0.1) is 0 Å². The van der Waals surface area contributed by atoms with Gasteiger partial charge in [0.2, 0.25) is 5.90 Å². The molecule has 0 unspecified atom stereocenters. The van der Waals surface area contributed by atoms with E-state index in [-0.39, 0.29) is 24.8 Å². The number of aliphatic hydroxyl groups excluding tert-OH is 1. The number of carbonyl (C=O) groups is 1. The first kappa shape index (κ1) is 31.9. The molecule has 3 aromatic rings. The normalized spacial score (nSPS) is 17.2. The molecule has 228 valence electrons. The minimum atomic E-state index is -1.56. The highest BCUT2D eigenvalue weighted by Crippen LogP contribution is 2.46. The van der Waals surface area contributed by atoms with E-state index in [1.165, 1.54) is 0 Å². The highest BCUT2D eigenvalue weighted by Gasteiger charge is 2.54. The second-order valence-corrected chi connectivity index (χ2v) is 10.4. The number of benzene rings is 3. The van der Waals surface area contributed by atoms with E-state index in [1.807, 2.05) is 19.0 Å². The molecule has 0 bridgehead atoms. The standard InChI is InChI=1S/C31H35N9O4/c1-40(2)18-7-17-34-30(42)31(21-23-9-3-5-11-26(23)36-38-32)28(25-10-4-6-12-27(25)37-39-33)44-29(35-31)22-13-15-24(16-14-22)43-20-8-19-41/h3-6,9-16,28,41H,7-8,17-21H2,1-2H3,(H,34,42)/t28-,31-/m1/s1. The fourth-order valence-corrected chi connectivity index (χ4v) is 4.95. The molecule has 2 N–H and O–H groups in total. The van der Waals surface area contributed by atoms with Crippen LogP contribution in [0.4, 0.5) is 11.4 Å². The Bertz CT molecular complexity index is 1560. The zero-order valence-electron chi connectivity index (χ0n) is 24.7. The Morgan fingerprint density at radius 1 is 1.02 bits per heavy atom. The van der Waals surface area contributed by atoms with E-state index in [4.69, 9.17) is 19.6 Å². The van der Waals surface area contributed by atoms with Gasteiger partial charge in [-0.2, -0.15) is 0 Å². The molecular formula is C31H35N9O4. The zero-order chi connectivity index (χ0) is 31.4. The molecule has 44 heavy (non-hydrogen) atoms. The Balaban J connectivity index is 1.84. The first-order valence-electron chi connectivity index (χ1n) is 14.2. The molecule has 0 saturated heterocycles. The first-order chi connectivity index (χ1) is 21.4. The highest BCUT2D eigenvalue weighted by molar-refractivity contribution is 6.01. The lowest BCUT2D eigenvalue weighted by atomic mass is 9.81. The quantitative estimate of drug-likeness (QED) is 0.0956. The number of aliphatic imine (C=N–C) groups is 1. The second-order valence-electron chi connectivity index (χ2n) is 10.4. The maximum atomic E-state index is 14.4. The molecule has 4 rings (SSSR count). The second kappa shape index (κ2) is 15.4. The number of carbonyl (C=O) groups excluding carboxylic acids is 1. The molecule has 1 amide bonds. The monoisotopic (exact) mass is 597 g/mol. The van der Waals surface area contributed by atoms with Crippen molar-refractivity contribution in [3.05, 3.63) is 110 Å². The van der Waals surface area contributed by atoms with E-state index in [1.54, 1.807) is 72.8 Å². The van der Waals surface area contributed by atoms with Crippen LogP contribution in [0.5, 0.6) is 5.75 Å². The summed E-state index contributed by atoms with van der Waals surface area (Å²) in [6.07, 6.45) is 0.253. The van der Waals surface area contributed by atoms with Crippen molar-refractivity contribution in [1.82, 2.24) is 10.2 Å². The summed E-state index contributed by atoms with van der Waals surface area (Å²) in [6, 6.07) is 21.0. The van der Waals surface area contributed by atoms with E-state index in [2.05, 4.69) is 25.4 Å². The maximum Gasteiger partial charge on any atom is 0.252 e. The summed E-state index contributed by atoms with van der Waals surface area (Å²) >= 11 is 0. The van der Waals surface area contributed by atoms with Crippen molar-refractivity contribution in [1.29, 1.82) is 0 Å². The molecule has 13 nitrogen and oxygen atoms in total. The average molecular weight is 598 g/mol. The van der Waals surface area contributed by atoms with Crippen molar-refractivity contribution in [2.75, 3.05) is 40.4 Å². The van der Waals surface area contributed by atoms with Crippen LogP contribution in [0.3, 0.4) is 0 Å². The van der Waals surface area contributed by atoms with Crippen LogP contribution in [-0.4, -0.2) is 67.7 Å². The molecule has 0 fully saturated rings. The van der Waals surface area contributed by atoms with Crippen LogP contribution in [0.2, 0.25) is 0 Å². The summed E-state index contributed by atoms with van der Waals surface area (Å²) in [6.45, 7) is 1.57. The molecular weight excluding hydrogens is 562 g/mol. The molecule has 3 aromatic carbocycles. The van der Waals surface area contributed by atoms with Gasteiger partial charge in [-0.1, -0.05) is 58.8 Å². The Kier molecular flexibility index (Phi) is 11.2. The van der Waals surface area contributed by atoms with E-state index >= 15 is 0 Å². The first-order valence-corrected chi connectivity index (χ1v) is 14.2. The molecule has 2 atom stereocenters. The molecule has 0 spiro atoms. The lowest BCUT2D eigenvalue weighted by Gasteiger charge is -2.32. The van der Waals surface area contributed by atoms with Crippen LogP contribution in [0.1, 0.15) is 35.6 Å². The number of amides is 1. The lowest BCUT2D eigenvalue weighted by Crippen LogP contribution is -2.50. The Morgan fingerprint density at radius 3 is 2.41 bits per heavy atom. The number of aliphatic hydroxyl groups is 1. The predicted molar refractivity (Wildman–Crippen MR) is 167 cm³/mol. The van der Waals surface area contributed by atoms with Gasteiger partial charge >= 0.3 is 0 Å². The fraction of sp³-hybridized carbons (Fsp3) is 0.355. The Hall–Kier alpha value is -5.06. The predicted octanol–water partition coefficient (Wildman–Crippen LogP) is 5.90. The van der Waals surface area contributed by atoms with Crippen LogP contribution in [0, 0.1) is 0 Å². The van der Waals surface area contributed by atoms with Gasteiger partial charge in [0, 0.05) is 58.3 Å². The molecule has 1 aliphatic rings. The zero-order valence-corrected chi connectivity index (χ0v) is 24.7. The highest BCUT2D eigenvalue weighted by atomic mass is 16.5. The van der Waals surface area contributed by atoms with Crippen LogP contribution in [0.15, 0.2) is 88.0 Å². The van der Waals surface area contributed by atoms with Gasteiger partial charge in [-0.3, -0.25) is 4.79 Å². The third kappa shape index (κ3) is 7.66. The Labute approximate surface area is 255 Å². The van der Waals surface area contributed by atoms with Gasteiger partial charge in [-0.25, -0.2) is 4.99 Å². The SMILES string of the molecule is CN(C)CCCNC(=O)[C@]1(Cc2ccccc2N=[N+]=[N-])N=C(c2ccc(OCCCO)cc2)O[C@@H]1c1ccccc1N=[N+]=[N-]. The summed E-state index contributed by atoms with van der Waals surface area (Å²) in [5.74, 6) is 0.447. The van der Waals surface area contributed by atoms with Gasteiger partial charge < -0.3 is 24.8 Å². The molecule has 1 heterocycles. The van der Waals surface area contributed by atoms with Gasteiger partial charge in [0.05, 0.1) is 6.61 Å². The van der Waals surface area contributed by atoms with Gasteiger partial charge in [0.25, 0.3) is 5.91 Å². The molecule has 0 aromatic heterocycles. The van der Waals surface area contributed by atoms with Crippen molar-refractivity contribution in [3.63, 3.8) is 0 Å². The average Bonchev–Trinajstić information content (AvgIpc) is 3.41. The number of ether oxygens (including phenoxy) is 2. The molecule has 0 radical (unpaired) electrons. The van der Waals surface area contributed by atoms with Crippen molar-refractivity contribution >= 4 is 23.2 Å². The number of rotatable bonds is 15. The van der Waals surface area contributed by atoms with E-state index in [9.17, 15) is 15.9 Å². The third-order valence-corrected chi connectivity index (χ3v) is 7.07. The van der Waals surface area contributed by atoms with Gasteiger partial charge in [-0.05, 0) is 68.0 Å². The topological polar surface area (TPSA) is 181 Å². The van der Waals surface area contributed by atoms with Crippen LogP contribution in [-0.2, 0) is 16.0 Å². The molecule has 1 aliphatic heterocycles. The number of hydrogen-bond acceptors (Lipinski definition) is 8. The van der Waals surface area contributed by atoms with Gasteiger partial charge in [0.15, 0.2) is 11.6 Å². The van der Waals surface area contributed by atoms with Crippen molar-refractivity contribution in [3.8, 4) is 5.75 Å².